The van der Waals surface area contributed by atoms with Gasteiger partial charge in [-0.2, -0.15) is 0 Å². The summed E-state index contributed by atoms with van der Waals surface area (Å²) in [5.74, 6) is 0. The van der Waals surface area contributed by atoms with E-state index in [0.29, 0.717) is 12.1 Å². The van der Waals surface area contributed by atoms with Gasteiger partial charge in [-0.1, -0.05) is 0 Å². The van der Waals surface area contributed by atoms with Crippen LogP contribution >= 0.6 is 11.3 Å². The number of hydrogen-bond acceptors (Lipinski definition) is 3. The normalized spacial score (nSPS) is 21.5. The van der Waals surface area contributed by atoms with Crippen LogP contribution in [0.4, 0.5) is 0 Å². The first-order valence-electron chi connectivity index (χ1n) is 6.64. The molecule has 0 amide bonds. The van der Waals surface area contributed by atoms with E-state index in [0.717, 1.165) is 6.54 Å². The van der Waals surface area contributed by atoms with Crippen LogP contribution in [0.2, 0.25) is 0 Å². The lowest BCUT2D eigenvalue weighted by Gasteiger charge is -2.27. The van der Waals surface area contributed by atoms with Gasteiger partial charge in [0.15, 0.2) is 0 Å². The van der Waals surface area contributed by atoms with E-state index in [1.54, 1.807) is 10.4 Å². The number of rotatable bonds is 5. The van der Waals surface area contributed by atoms with Gasteiger partial charge in [0.05, 0.1) is 0 Å². The monoisotopic (exact) mass is 252 g/mol. The topological polar surface area (TPSA) is 15.3 Å². The van der Waals surface area contributed by atoms with E-state index in [4.69, 9.17) is 0 Å². The Morgan fingerprint density at radius 3 is 3.12 bits per heavy atom. The summed E-state index contributed by atoms with van der Waals surface area (Å²) in [4.78, 5) is 3.86. The number of hydrogen-bond donors (Lipinski definition) is 1. The van der Waals surface area contributed by atoms with Gasteiger partial charge in [0.1, 0.15) is 0 Å². The van der Waals surface area contributed by atoms with E-state index in [-0.39, 0.29) is 0 Å². The van der Waals surface area contributed by atoms with E-state index < -0.39 is 0 Å². The maximum atomic E-state index is 3.80. The molecule has 0 aromatic carbocycles. The zero-order valence-corrected chi connectivity index (χ0v) is 12.0. The molecule has 0 aliphatic heterocycles. The van der Waals surface area contributed by atoms with E-state index in [1.807, 2.05) is 11.3 Å². The van der Waals surface area contributed by atoms with E-state index in [9.17, 15) is 0 Å². The van der Waals surface area contributed by atoms with Crippen molar-refractivity contribution in [1.82, 2.24) is 10.2 Å². The lowest BCUT2D eigenvalue weighted by molar-refractivity contribution is 0.339. The predicted octanol–water partition coefficient (Wildman–Crippen LogP) is 3.06. The molecule has 1 aromatic heterocycles. The van der Waals surface area contributed by atoms with Crippen LogP contribution in [-0.2, 0) is 6.42 Å². The van der Waals surface area contributed by atoms with Crippen LogP contribution in [0.3, 0.4) is 0 Å². The molecular weight excluding hydrogens is 228 g/mol. The summed E-state index contributed by atoms with van der Waals surface area (Å²) in [5, 5.41) is 6.04. The molecular formula is C14H24N2S. The van der Waals surface area contributed by atoms with Gasteiger partial charge in [-0.05, 0) is 70.3 Å². The first-order chi connectivity index (χ1) is 8.16. The Morgan fingerprint density at radius 1 is 1.53 bits per heavy atom. The Morgan fingerprint density at radius 2 is 2.35 bits per heavy atom. The second-order valence-electron chi connectivity index (χ2n) is 5.40. The molecule has 96 valence electrons. The molecule has 0 saturated carbocycles. The first-order valence-corrected chi connectivity index (χ1v) is 7.52. The molecule has 0 spiro atoms. The van der Waals surface area contributed by atoms with Gasteiger partial charge in [0, 0.05) is 17.0 Å². The fourth-order valence-electron chi connectivity index (χ4n) is 2.54. The van der Waals surface area contributed by atoms with Crippen molar-refractivity contribution in [2.45, 2.75) is 44.7 Å². The van der Waals surface area contributed by atoms with Crippen LogP contribution in [0.15, 0.2) is 11.4 Å². The van der Waals surface area contributed by atoms with Crippen molar-refractivity contribution < 1.29 is 0 Å². The minimum Gasteiger partial charge on any atom is -0.309 e. The third-order valence-corrected chi connectivity index (χ3v) is 4.54. The average molecular weight is 252 g/mol. The van der Waals surface area contributed by atoms with Crippen LogP contribution in [-0.4, -0.2) is 31.6 Å². The Bertz CT molecular complexity index is 346. The standard InChI is InChI=1S/C14H24N2S/c1-11(7-9-16(2)3)15-13-5-4-6-14-12(13)8-10-17-14/h8,10-11,13,15H,4-7,9H2,1-3H3. The molecule has 1 aromatic rings. The third kappa shape index (κ3) is 3.54. The number of nitrogens with zero attached hydrogens (tertiary/aromatic N) is 1. The first kappa shape index (κ1) is 13.1. The molecule has 0 radical (unpaired) electrons. The third-order valence-electron chi connectivity index (χ3n) is 3.55. The molecule has 2 nitrogen and oxygen atoms in total. The van der Waals surface area contributed by atoms with Gasteiger partial charge < -0.3 is 10.2 Å². The Kier molecular flexibility index (Phi) is 4.60. The fraction of sp³-hybridized carbons (Fsp3) is 0.714. The largest absolute Gasteiger partial charge is 0.309 e. The highest BCUT2D eigenvalue weighted by Crippen LogP contribution is 2.33. The van der Waals surface area contributed by atoms with E-state index in [2.05, 4.69) is 42.7 Å². The van der Waals surface area contributed by atoms with Crippen LogP contribution < -0.4 is 5.32 Å². The summed E-state index contributed by atoms with van der Waals surface area (Å²) in [6.07, 6.45) is 5.15. The molecule has 1 heterocycles. The molecule has 1 aliphatic carbocycles. The van der Waals surface area contributed by atoms with Crippen molar-refractivity contribution in [3.8, 4) is 0 Å². The second-order valence-corrected chi connectivity index (χ2v) is 6.40. The predicted molar refractivity (Wildman–Crippen MR) is 75.8 cm³/mol. The average Bonchev–Trinajstić information content (AvgIpc) is 2.75. The van der Waals surface area contributed by atoms with Crippen LogP contribution in [0.25, 0.3) is 0 Å². The quantitative estimate of drug-likeness (QED) is 0.866. The van der Waals surface area contributed by atoms with Crippen molar-refractivity contribution in [3.63, 3.8) is 0 Å². The molecule has 0 fully saturated rings. The number of thiophene rings is 1. The van der Waals surface area contributed by atoms with Crippen molar-refractivity contribution in [2.75, 3.05) is 20.6 Å². The highest BCUT2D eigenvalue weighted by atomic mass is 32.1. The van der Waals surface area contributed by atoms with Gasteiger partial charge in [0.25, 0.3) is 0 Å². The van der Waals surface area contributed by atoms with Crippen LogP contribution in [0, 0.1) is 0 Å². The van der Waals surface area contributed by atoms with E-state index >= 15 is 0 Å². The number of nitrogens with one attached hydrogen (secondary N) is 1. The summed E-state index contributed by atoms with van der Waals surface area (Å²) < 4.78 is 0. The minimum atomic E-state index is 0.599. The molecule has 2 unspecified atom stereocenters. The molecule has 17 heavy (non-hydrogen) atoms. The Hall–Kier alpha value is -0.380. The van der Waals surface area contributed by atoms with Crippen LogP contribution in [0.5, 0.6) is 0 Å². The van der Waals surface area contributed by atoms with Crippen molar-refractivity contribution in [1.29, 1.82) is 0 Å². The highest BCUT2D eigenvalue weighted by Gasteiger charge is 2.22. The van der Waals surface area contributed by atoms with Gasteiger partial charge in [0.2, 0.25) is 0 Å². The molecule has 0 saturated heterocycles. The summed E-state index contributed by atoms with van der Waals surface area (Å²) in [6.45, 7) is 3.47. The van der Waals surface area contributed by atoms with E-state index in [1.165, 1.54) is 25.7 Å². The second kappa shape index (κ2) is 5.98. The smallest absolute Gasteiger partial charge is 0.0333 e. The summed E-state index contributed by atoms with van der Waals surface area (Å²) in [7, 11) is 4.29. The molecule has 1 N–H and O–H groups in total. The molecule has 2 rings (SSSR count). The zero-order valence-electron chi connectivity index (χ0n) is 11.2. The fourth-order valence-corrected chi connectivity index (χ4v) is 3.53. The molecule has 1 aliphatic rings. The number of fused-ring (bicyclic) bond motifs is 1. The maximum absolute atomic E-state index is 3.80. The molecule has 3 heteroatoms. The Balaban J connectivity index is 1.88. The van der Waals surface area contributed by atoms with Crippen molar-refractivity contribution in [3.05, 3.63) is 21.9 Å². The number of aryl methyl sites for hydroxylation is 1. The van der Waals surface area contributed by atoms with Gasteiger partial charge in [-0.3, -0.25) is 0 Å². The maximum Gasteiger partial charge on any atom is 0.0333 e. The van der Waals surface area contributed by atoms with Gasteiger partial charge >= 0.3 is 0 Å². The lowest BCUT2D eigenvalue weighted by atomic mass is 9.93. The SMILES string of the molecule is CC(CCN(C)C)NC1CCCc2sccc21. The molecule has 0 bridgehead atoms. The summed E-state index contributed by atoms with van der Waals surface area (Å²) in [6, 6.07) is 3.52. The van der Waals surface area contributed by atoms with Gasteiger partial charge in [-0.25, -0.2) is 0 Å². The highest BCUT2D eigenvalue weighted by molar-refractivity contribution is 7.10. The van der Waals surface area contributed by atoms with Gasteiger partial charge in [-0.15, -0.1) is 11.3 Å². The minimum absolute atomic E-state index is 0.599. The zero-order chi connectivity index (χ0) is 12.3. The van der Waals surface area contributed by atoms with Crippen molar-refractivity contribution >= 4 is 11.3 Å². The summed E-state index contributed by atoms with van der Waals surface area (Å²) >= 11 is 1.93. The molecule has 2 atom stereocenters. The van der Waals surface area contributed by atoms with Crippen LogP contribution in [0.1, 0.15) is 42.7 Å². The summed E-state index contributed by atoms with van der Waals surface area (Å²) in [5.41, 5.74) is 1.57. The lowest BCUT2D eigenvalue weighted by Crippen LogP contribution is -2.34. The van der Waals surface area contributed by atoms with Crippen molar-refractivity contribution in [2.24, 2.45) is 0 Å². The Labute approximate surface area is 109 Å².